The Hall–Kier alpha value is -3.15. The number of benzene rings is 2. The van der Waals surface area contributed by atoms with Crippen LogP contribution in [0.25, 0.3) is 0 Å². The third-order valence-electron chi connectivity index (χ3n) is 3.32. The second kappa shape index (κ2) is 7.41. The molecular formula is C18H17NO5. The molecule has 0 saturated heterocycles. The summed E-state index contributed by atoms with van der Waals surface area (Å²) in [6.45, 7) is 2.61. The highest BCUT2D eigenvalue weighted by atomic mass is 16.5. The molecule has 2 N–H and O–H groups in total. The topological polar surface area (TPSA) is 92.7 Å². The number of aryl methyl sites for hydroxylation is 1. The van der Waals surface area contributed by atoms with Gasteiger partial charge in [0.2, 0.25) is 5.91 Å². The van der Waals surface area contributed by atoms with Crippen LogP contribution in [0.15, 0.2) is 42.5 Å². The summed E-state index contributed by atoms with van der Waals surface area (Å²) in [5, 5.41) is 12.4. The smallest absolute Gasteiger partial charge is 0.342 e. The van der Waals surface area contributed by atoms with Gasteiger partial charge in [0.1, 0.15) is 11.3 Å². The second-order valence-electron chi connectivity index (χ2n) is 5.23. The summed E-state index contributed by atoms with van der Waals surface area (Å²) in [4.78, 5) is 34.9. The Morgan fingerprint density at radius 1 is 1.08 bits per heavy atom. The van der Waals surface area contributed by atoms with E-state index in [-0.39, 0.29) is 23.0 Å². The number of carbonyl (C=O) groups excluding carboxylic acids is 3. The van der Waals surface area contributed by atoms with Crippen molar-refractivity contribution in [1.29, 1.82) is 0 Å². The summed E-state index contributed by atoms with van der Waals surface area (Å²) >= 11 is 0. The first-order chi connectivity index (χ1) is 11.4. The zero-order valence-electron chi connectivity index (χ0n) is 13.3. The molecule has 0 spiro atoms. The second-order valence-corrected chi connectivity index (χ2v) is 5.23. The highest BCUT2D eigenvalue weighted by Crippen LogP contribution is 2.22. The lowest BCUT2D eigenvalue weighted by atomic mass is 10.1. The number of esters is 1. The van der Waals surface area contributed by atoms with Crippen LogP contribution in [-0.2, 0) is 9.53 Å². The maximum absolute atomic E-state index is 12.0. The molecule has 124 valence electrons. The molecule has 0 saturated carbocycles. The van der Waals surface area contributed by atoms with Crippen molar-refractivity contribution in [3.8, 4) is 5.75 Å². The van der Waals surface area contributed by atoms with Crippen molar-refractivity contribution in [3.05, 3.63) is 59.2 Å². The molecule has 2 rings (SSSR count). The Balaban J connectivity index is 1.98. The molecule has 6 heteroatoms. The van der Waals surface area contributed by atoms with Gasteiger partial charge in [0, 0.05) is 18.2 Å². The number of hydrogen-bond donors (Lipinski definition) is 2. The van der Waals surface area contributed by atoms with E-state index < -0.39 is 12.6 Å². The van der Waals surface area contributed by atoms with Gasteiger partial charge in [0.25, 0.3) is 0 Å². The van der Waals surface area contributed by atoms with E-state index in [1.165, 1.54) is 25.1 Å². The van der Waals surface area contributed by atoms with Gasteiger partial charge in [-0.2, -0.15) is 0 Å². The van der Waals surface area contributed by atoms with Crippen LogP contribution in [0.1, 0.15) is 33.2 Å². The van der Waals surface area contributed by atoms with Crippen molar-refractivity contribution >= 4 is 23.3 Å². The van der Waals surface area contributed by atoms with Crippen LogP contribution >= 0.6 is 0 Å². The minimum absolute atomic E-state index is 0.0174. The van der Waals surface area contributed by atoms with Crippen LogP contribution in [0.5, 0.6) is 5.75 Å². The van der Waals surface area contributed by atoms with Crippen LogP contribution in [-0.4, -0.2) is 29.4 Å². The van der Waals surface area contributed by atoms with Crippen molar-refractivity contribution in [1.82, 2.24) is 0 Å². The van der Waals surface area contributed by atoms with Crippen molar-refractivity contribution in [2.75, 3.05) is 11.9 Å². The summed E-state index contributed by atoms with van der Waals surface area (Å²) in [6.07, 6.45) is 0. The summed E-state index contributed by atoms with van der Waals surface area (Å²) in [6, 6.07) is 10.9. The Kier molecular flexibility index (Phi) is 5.31. The number of phenolic OH excluding ortho intramolecular Hbond substituents is 1. The normalized spacial score (nSPS) is 10.1. The van der Waals surface area contributed by atoms with E-state index in [0.29, 0.717) is 16.8 Å². The molecule has 0 unspecified atom stereocenters. The Labute approximate surface area is 139 Å². The fraction of sp³-hybridized carbons (Fsp3) is 0.167. The number of ketones is 1. The van der Waals surface area contributed by atoms with Gasteiger partial charge < -0.3 is 15.2 Å². The van der Waals surface area contributed by atoms with E-state index in [0.717, 1.165) is 0 Å². The molecule has 0 radical (unpaired) electrons. The van der Waals surface area contributed by atoms with E-state index >= 15 is 0 Å². The molecule has 1 amide bonds. The molecule has 2 aromatic rings. The van der Waals surface area contributed by atoms with E-state index in [9.17, 15) is 19.5 Å². The summed E-state index contributed by atoms with van der Waals surface area (Å²) < 4.78 is 4.96. The minimum Gasteiger partial charge on any atom is -0.507 e. The molecule has 0 aliphatic rings. The Morgan fingerprint density at radius 2 is 1.75 bits per heavy atom. The van der Waals surface area contributed by atoms with Crippen molar-refractivity contribution in [2.24, 2.45) is 0 Å². The lowest BCUT2D eigenvalue weighted by Crippen LogP contribution is -2.14. The third kappa shape index (κ3) is 4.19. The van der Waals surface area contributed by atoms with Gasteiger partial charge >= 0.3 is 5.97 Å². The maximum atomic E-state index is 12.0. The number of anilines is 1. The molecule has 0 heterocycles. The highest BCUT2D eigenvalue weighted by molar-refractivity contribution is 6.00. The van der Waals surface area contributed by atoms with E-state index in [1.54, 1.807) is 31.2 Å². The van der Waals surface area contributed by atoms with Gasteiger partial charge in [-0.25, -0.2) is 4.79 Å². The van der Waals surface area contributed by atoms with Crippen LogP contribution in [0, 0.1) is 6.92 Å². The van der Waals surface area contributed by atoms with Crippen LogP contribution in [0.2, 0.25) is 0 Å². The number of ether oxygens (including phenoxy) is 1. The molecule has 2 aromatic carbocycles. The summed E-state index contributed by atoms with van der Waals surface area (Å²) in [5.41, 5.74) is 1.49. The van der Waals surface area contributed by atoms with Gasteiger partial charge in [-0.05, 0) is 42.8 Å². The fourth-order valence-electron chi connectivity index (χ4n) is 2.06. The molecule has 0 aliphatic carbocycles. The quantitative estimate of drug-likeness (QED) is 0.650. The fourth-order valence-corrected chi connectivity index (χ4v) is 2.06. The first-order valence-electron chi connectivity index (χ1n) is 7.25. The van der Waals surface area contributed by atoms with Gasteiger partial charge in [-0.15, -0.1) is 0 Å². The summed E-state index contributed by atoms with van der Waals surface area (Å²) in [7, 11) is 0. The van der Waals surface area contributed by atoms with Crippen molar-refractivity contribution < 1.29 is 24.2 Å². The number of Topliss-reactive ketones (excluding diaryl/α,β-unsaturated/α-hetero) is 1. The minimum atomic E-state index is -0.764. The largest absolute Gasteiger partial charge is 0.507 e. The average molecular weight is 327 g/mol. The SMILES string of the molecule is CC(=O)Nc1ccc(C(=O)COC(=O)c2cccc(C)c2O)cc1. The van der Waals surface area contributed by atoms with E-state index in [2.05, 4.69) is 5.32 Å². The molecular weight excluding hydrogens is 310 g/mol. The van der Waals surface area contributed by atoms with Gasteiger partial charge in [-0.1, -0.05) is 12.1 Å². The molecule has 0 aliphatic heterocycles. The average Bonchev–Trinajstić information content (AvgIpc) is 2.55. The zero-order chi connectivity index (χ0) is 17.7. The molecule has 0 bridgehead atoms. The number of para-hydroxylation sites is 1. The first kappa shape index (κ1) is 17.2. The number of rotatable bonds is 5. The predicted octanol–water partition coefficient (Wildman–Crippen LogP) is 2.70. The first-order valence-corrected chi connectivity index (χ1v) is 7.25. The zero-order valence-corrected chi connectivity index (χ0v) is 13.3. The summed E-state index contributed by atoms with van der Waals surface area (Å²) in [5.74, 6) is -1.51. The number of nitrogens with one attached hydrogen (secondary N) is 1. The highest BCUT2D eigenvalue weighted by Gasteiger charge is 2.16. The Bertz CT molecular complexity index is 780. The van der Waals surface area contributed by atoms with Gasteiger partial charge in [-0.3, -0.25) is 9.59 Å². The molecule has 0 fully saturated rings. The van der Waals surface area contributed by atoms with Crippen molar-refractivity contribution in [2.45, 2.75) is 13.8 Å². The van der Waals surface area contributed by atoms with E-state index in [4.69, 9.17) is 4.74 Å². The van der Waals surface area contributed by atoms with Gasteiger partial charge in [0.05, 0.1) is 0 Å². The maximum Gasteiger partial charge on any atom is 0.342 e. The Morgan fingerprint density at radius 3 is 2.38 bits per heavy atom. The molecule has 0 atom stereocenters. The molecule has 24 heavy (non-hydrogen) atoms. The molecule has 6 nitrogen and oxygen atoms in total. The van der Waals surface area contributed by atoms with Crippen LogP contribution in [0.4, 0.5) is 5.69 Å². The number of aromatic hydroxyl groups is 1. The van der Waals surface area contributed by atoms with Gasteiger partial charge in [0.15, 0.2) is 12.4 Å². The van der Waals surface area contributed by atoms with Crippen LogP contribution < -0.4 is 5.32 Å². The van der Waals surface area contributed by atoms with E-state index in [1.807, 2.05) is 0 Å². The third-order valence-corrected chi connectivity index (χ3v) is 3.32. The standard InChI is InChI=1S/C18H17NO5/c1-11-4-3-5-15(17(11)22)18(23)24-10-16(21)13-6-8-14(9-7-13)19-12(2)20/h3-9,22H,10H2,1-2H3,(H,19,20). The number of phenols is 1. The lowest BCUT2D eigenvalue weighted by molar-refractivity contribution is -0.114. The lowest BCUT2D eigenvalue weighted by Gasteiger charge is -2.08. The predicted molar refractivity (Wildman–Crippen MR) is 88.2 cm³/mol. The van der Waals surface area contributed by atoms with Crippen molar-refractivity contribution in [3.63, 3.8) is 0 Å². The van der Waals surface area contributed by atoms with Crippen LogP contribution in [0.3, 0.4) is 0 Å². The number of amides is 1. The molecule has 0 aromatic heterocycles. The number of carbonyl (C=O) groups is 3. The number of hydrogen-bond acceptors (Lipinski definition) is 5. The monoisotopic (exact) mass is 327 g/mol.